The van der Waals surface area contributed by atoms with E-state index in [-0.39, 0.29) is 0 Å². The highest BCUT2D eigenvalue weighted by atomic mass is 14.4. The molecule has 0 heterocycles. The van der Waals surface area contributed by atoms with Crippen LogP contribution in [0.3, 0.4) is 0 Å². The van der Waals surface area contributed by atoms with Crippen molar-refractivity contribution >= 4 is 0 Å². The van der Waals surface area contributed by atoms with Crippen molar-refractivity contribution < 1.29 is 0 Å². The van der Waals surface area contributed by atoms with Gasteiger partial charge in [-0.3, -0.25) is 0 Å². The second-order valence-corrected chi connectivity index (χ2v) is 4.13. The second kappa shape index (κ2) is 2.77. The van der Waals surface area contributed by atoms with E-state index in [2.05, 4.69) is 26.8 Å². The Labute approximate surface area is 64.3 Å². The molecule has 0 aromatic carbocycles. The second-order valence-electron chi connectivity index (χ2n) is 4.13. The molecule has 0 aromatic heterocycles. The van der Waals surface area contributed by atoms with Crippen LogP contribution < -0.4 is 0 Å². The molecule has 1 aliphatic carbocycles. The van der Waals surface area contributed by atoms with Crippen LogP contribution in [0.2, 0.25) is 0 Å². The summed E-state index contributed by atoms with van der Waals surface area (Å²) in [4.78, 5) is 0. The van der Waals surface area contributed by atoms with Gasteiger partial charge in [-0.15, -0.1) is 0 Å². The predicted octanol–water partition coefficient (Wildman–Crippen LogP) is 3.53. The first-order chi connectivity index (χ1) is 4.62. The SMILES string of the molecule is CC(C)=CCCC1(C)CC1. The van der Waals surface area contributed by atoms with Crippen molar-refractivity contribution in [3.8, 4) is 0 Å². The van der Waals surface area contributed by atoms with E-state index in [1.807, 2.05) is 0 Å². The molecule has 0 nitrogen and oxygen atoms in total. The summed E-state index contributed by atoms with van der Waals surface area (Å²) in [5.41, 5.74) is 2.20. The lowest BCUT2D eigenvalue weighted by Gasteiger charge is -2.03. The van der Waals surface area contributed by atoms with Crippen molar-refractivity contribution in [1.29, 1.82) is 0 Å². The molecule has 0 saturated heterocycles. The van der Waals surface area contributed by atoms with E-state index >= 15 is 0 Å². The standard InChI is InChI=1S/C10H18/c1-9(2)5-4-6-10(3)7-8-10/h5H,4,6-8H2,1-3H3. The molecule has 0 unspecified atom stereocenters. The molecule has 0 radical (unpaired) electrons. The van der Waals surface area contributed by atoms with Crippen LogP contribution >= 0.6 is 0 Å². The number of hydrogen-bond acceptors (Lipinski definition) is 0. The minimum Gasteiger partial charge on any atom is -0.0859 e. The summed E-state index contributed by atoms with van der Waals surface area (Å²) in [5.74, 6) is 0. The molecule has 1 fully saturated rings. The topological polar surface area (TPSA) is 0 Å². The third-order valence-electron chi connectivity index (χ3n) is 2.40. The van der Waals surface area contributed by atoms with E-state index < -0.39 is 0 Å². The molecule has 0 heteroatoms. The summed E-state index contributed by atoms with van der Waals surface area (Å²) < 4.78 is 0. The van der Waals surface area contributed by atoms with Gasteiger partial charge in [-0.1, -0.05) is 18.6 Å². The van der Waals surface area contributed by atoms with Crippen LogP contribution in [0, 0.1) is 5.41 Å². The zero-order valence-electron chi connectivity index (χ0n) is 7.41. The van der Waals surface area contributed by atoms with Crippen LogP contribution in [-0.4, -0.2) is 0 Å². The summed E-state index contributed by atoms with van der Waals surface area (Å²) >= 11 is 0. The van der Waals surface area contributed by atoms with Crippen LogP contribution in [-0.2, 0) is 0 Å². The first-order valence-electron chi connectivity index (χ1n) is 4.26. The number of rotatable bonds is 3. The maximum Gasteiger partial charge on any atom is -0.0322 e. The van der Waals surface area contributed by atoms with Gasteiger partial charge in [0.05, 0.1) is 0 Å². The van der Waals surface area contributed by atoms with Crippen molar-refractivity contribution in [3.05, 3.63) is 11.6 Å². The van der Waals surface area contributed by atoms with Gasteiger partial charge < -0.3 is 0 Å². The number of hydrogen-bond donors (Lipinski definition) is 0. The average molecular weight is 138 g/mol. The molecule has 0 amide bonds. The highest BCUT2D eigenvalue weighted by molar-refractivity contribution is 4.96. The first-order valence-corrected chi connectivity index (χ1v) is 4.26. The van der Waals surface area contributed by atoms with Crippen molar-refractivity contribution in [2.45, 2.75) is 46.5 Å². The van der Waals surface area contributed by atoms with Gasteiger partial charge in [-0.05, 0) is 44.9 Å². The molecule has 0 aromatic rings. The van der Waals surface area contributed by atoms with E-state index in [4.69, 9.17) is 0 Å². The normalized spacial score (nSPS) is 20.3. The fraction of sp³-hybridized carbons (Fsp3) is 0.800. The Kier molecular flexibility index (Phi) is 2.18. The van der Waals surface area contributed by atoms with Crippen molar-refractivity contribution in [3.63, 3.8) is 0 Å². The van der Waals surface area contributed by atoms with Gasteiger partial charge in [-0.25, -0.2) is 0 Å². The van der Waals surface area contributed by atoms with Gasteiger partial charge in [0.15, 0.2) is 0 Å². The molecule has 0 N–H and O–H groups in total. The first kappa shape index (κ1) is 7.84. The smallest absolute Gasteiger partial charge is 0.0322 e. The maximum absolute atomic E-state index is 2.39. The Balaban J connectivity index is 2.11. The quantitative estimate of drug-likeness (QED) is 0.523. The highest BCUT2D eigenvalue weighted by Crippen LogP contribution is 2.48. The molecule has 0 aliphatic heterocycles. The summed E-state index contributed by atoms with van der Waals surface area (Å²) in [6.07, 6.45) is 7.97. The molecule has 1 aliphatic rings. The van der Waals surface area contributed by atoms with Gasteiger partial charge >= 0.3 is 0 Å². The van der Waals surface area contributed by atoms with E-state index in [0.29, 0.717) is 0 Å². The lowest BCUT2D eigenvalue weighted by molar-refractivity contribution is 0.524. The fourth-order valence-electron chi connectivity index (χ4n) is 1.17. The molecule has 58 valence electrons. The van der Waals surface area contributed by atoms with Gasteiger partial charge in [-0.2, -0.15) is 0 Å². The van der Waals surface area contributed by atoms with Crippen LogP contribution in [0.15, 0.2) is 11.6 Å². The molecule has 0 bridgehead atoms. The van der Waals surface area contributed by atoms with Gasteiger partial charge in [0.25, 0.3) is 0 Å². The largest absolute Gasteiger partial charge is 0.0859 e. The monoisotopic (exact) mass is 138 g/mol. The third kappa shape index (κ3) is 2.55. The lowest BCUT2D eigenvalue weighted by Crippen LogP contribution is -1.90. The van der Waals surface area contributed by atoms with Gasteiger partial charge in [0.2, 0.25) is 0 Å². The van der Waals surface area contributed by atoms with E-state index in [0.717, 1.165) is 5.41 Å². The van der Waals surface area contributed by atoms with Gasteiger partial charge in [0, 0.05) is 0 Å². The van der Waals surface area contributed by atoms with Crippen molar-refractivity contribution in [2.75, 3.05) is 0 Å². The van der Waals surface area contributed by atoms with Crippen LogP contribution in [0.25, 0.3) is 0 Å². The minimum absolute atomic E-state index is 0.742. The average Bonchev–Trinajstić information content (AvgIpc) is 2.47. The van der Waals surface area contributed by atoms with Crippen LogP contribution in [0.4, 0.5) is 0 Å². The Hall–Kier alpha value is -0.260. The molecule has 0 spiro atoms. The Morgan fingerprint density at radius 2 is 2.00 bits per heavy atom. The molecule has 10 heavy (non-hydrogen) atoms. The fourth-order valence-corrected chi connectivity index (χ4v) is 1.17. The summed E-state index contributed by atoms with van der Waals surface area (Å²) in [7, 11) is 0. The van der Waals surface area contributed by atoms with Crippen LogP contribution in [0.5, 0.6) is 0 Å². The van der Waals surface area contributed by atoms with E-state index in [1.54, 1.807) is 0 Å². The molecular formula is C10H18. The Bertz CT molecular complexity index is 134. The Morgan fingerprint density at radius 1 is 1.40 bits per heavy atom. The maximum atomic E-state index is 2.39. The highest BCUT2D eigenvalue weighted by Gasteiger charge is 2.35. The Morgan fingerprint density at radius 3 is 2.40 bits per heavy atom. The zero-order chi connectivity index (χ0) is 7.61. The zero-order valence-corrected chi connectivity index (χ0v) is 7.41. The summed E-state index contributed by atoms with van der Waals surface area (Å²) in [6, 6.07) is 0. The van der Waals surface area contributed by atoms with E-state index in [1.165, 1.54) is 31.3 Å². The molecule has 1 rings (SSSR count). The predicted molar refractivity (Wildman–Crippen MR) is 46.0 cm³/mol. The number of allylic oxidation sites excluding steroid dienone is 2. The molecule has 1 saturated carbocycles. The third-order valence-corrected chi connectivity index (χ3v) is 2.40. The van der Waals surface area contributed by atoms with Crippen molar-refractivity contribution in [1.82, 2.24) is 0 Å². The summed E-state index contributed by atoms with van der Waals surface area (Å²) in [5, 5.41) is 0. The van der Waals surface area contributed by atoms with Crippen molar-refractivity contribution in [2.24, 2.45) is 5.41 Å². The van der Waals surface area contributed by atoms with E-state index in [9.17, 15) is 0 Å². The summed E-state index contributed by atoms with van der Waals surface area (Å²) in [6.45, 7) is 6.75. The molecular weight excluding hydrogens is 120 g/mol. The van der Waals surface area contributed by atoms with Crippen LogP contribution in [0.1, 0.15) is 46.5 Å². The lowest BCUT2D eigenvalue weighted by atomic mass is 10.0. The van der Waals surface area contributed by atoms with Gasteiger partial charge in [0.1, 0.15) is 0 Å². The molecule has 0 atom stereocenters. The minimum atomic E-state index is 0.742.